The summed E-state index contributed by atoms with van der Waals surface area (Å²) in [6.45, 7) is 0.322. The lowest BCUT2D eigenvalue weighted by atomic mass is 10.2. The van der Waals surface area contributed by atoms with Crippen LogP contribution in [0.5, 0.6) is 0 Å². The van der Waals surface area contributed by atoms with E-state index in [0.29, 0.717) is 24.2 Å². The summed E-state index contributed by atoms with van der Waals surface area (Å²) in [5.74, 6) is 0.214. The number of nitrogens with two attached hydrogens (primary N) is 1. The summed E-state index contributed by atoms with van der Waals surface area (Å²) in [4.78, 5) is 12.1. The van der Waals surface area contributed by atoms with E-state index in [4.69, 9.17) is 26.8 Å². The van der Waals surface area contributed by atoms with Gasteiger partial charge in [-0.15, -0.1) is 0 Å². The van der Waals surface area contributed by atoms with Crippen LogP contribution in [0.25, 0.3) is 11.2 Å². The topological polar surface area (TPSA) is 108 Å². The Labute approximate surface area is 119 Å². The molecule has 3 rings (SSSR count). The number of anilines is 1. The van der Waals surface area contributed by atoms with Gasteiger partial charge in [-0.05, 0) is 11.6 Å². The first-order valence-electron chi connectivity index (χ1n) is 6.08. The van der Waals surface area contributed by atoms with E-state index in [-0.39, 0.29) is 23.4 Å². The summed E-state index contributed by atoms with van der Waals surface area (Å²) in [6.07, 6.45) is 0.601. The van der Waals surface area contributed by atoms with Crippen LogP contribution in [-0.4, -0.2) is 50.6 Å². The molecular formula is C11H14ClN5O3. The molecule has 1 fully saturated rings. The van der Waals surface area contributed by atoms with Gasteiger partial charge in [0.15, 0.2) is 11.5 Å². The molecule has 1 unspecified atom stereocenters. The highest BCUT2D eigenvalue weighted by molar-refractivity contribution is 6.28. The number of nitrogen functional groups attached to an aromatic ring is 1. The molecular weight excluding hydrogens is 286 g/mol. The summed E-state index contributed by atoms with van der Waals surface area (Å²) in [7, 11) is 1.56. The molecule has 8 nitrogen and oxygen atoms in total. The quantitative estimate of drug-likeness (QED) is 0.787. The van der Waals surface area contributed by atoms with Gasteiger partial charge in [0.05, 0.1) is 19.0 Å². The maximum absolute atomic E-state index is 9.95. The lowest BCUT2D eigenvalue weighted by Crippen LogP contribution is -2.25. The number of aliphatic hydroxyl groups excluding tert-OH is 1. The highest BCUT2D eigenvalue weighted by Gasteiger charge is 2.35. The third-order valence-corrected chi connectivity index (χ3v) is 3.44. The highest BCUT2D eigenvalue weighted by atomic mass is 35.5. The Hall–Kier alpha value is -1.48. The van der Waals surface area contributed by atoms with Crippen molar-refractivity contribution in [3.63, 3.8) is 0 Å². The van der Waals surface area contributed by atoms with Crippen LogP contribution >= 0.6 is 11.6 Å². The van der Waals surface area contributed by atoms with Crippen LogP contribution in [0.4, 0.5) is 5.82 Å². The summed E-state index contributed by atoms with van der Waals surface area (Å²) in [6, 6.07) is 0. The third kappa shape index (κ3) is 2.20. The average Bonchev–Trinajstić information content (AvgIpc) is 2.94. The predicted octanol–water partition coefficient (Wildman–Crippen LogP) is 0.357. The predicted molar refractivity (Wildman–Crippen MR) is 71.2 cm³/mol. The molecule has 9 heteroatoms. The first-order valence-corrected chi connectivity index (χ1v) is 6.46. The van der Waals surface area contributed by atoms with Crippen LogP contribution in [-0.2, 0) is 9.47 Å². The minimum absolute atomic E-state index is 0.0451. The number of nitrogens with zero attached hydrogens (tertiary/aromatic N) is 4. The molecule has 0 spiro atoms. The van der Waals surface area contributed by atoms with Crippen LogP contribution in [0.2, 0.25) is 5.28 Å². The van der Waals surface area contributed by atoms with Gasteiger partial charge in [-0.1, -0.05) is 0 Å². The maximum atomic E-state index is 9.95. The van der Waals surface area contributed by atoms with Gasteiger partial charge < -0.3 is 20.3 Å². The molecule has 3 N–H and O–H groups in total. The van der Waals surface area contributed by atoms with Crippen molar-refractivity contribution >= 4 is 28.6 Å². The number of rotatable bonds is 3. The monoisotopic (exact) mass is 299 g/mol. The molecule has 20 heavy (non-hydrogen) atoms. The number of imidazole rings is 1. The number of hydrogen-bond acceptors (Lipinski definition) is 7. The minimum Gasteiger partial charge on any atom is -0.390 e. The van der Waals surface area contributed by atoms with Crippen LogP contribution in [0.1, 0.15) is 12.6 Å². The third-order valence-electron chi connectivity index (χ3n) is 3.27. The Morgan fingerprint density at radius 3 is 3.15 bits per heavy atom. The zero-order chi connectivity index (χ0) is 14.3. The number of hydrogen-bond donors (Lipinski definition) is 2. The highest BCUT2D eigenvalue weighted by Crippen LogP contribution is 2.31. The molecule has 0 amide bonds. The molecule has 0 bridgehead atoms. The first kappa shape index (κ1) is 13.5. The van der Waals surface area contributed by atoms with Gasteiger partial charge in [-0.2, -0.15) is 9.97 Å². The van der Waals surface area contributed by atoms with Crippen LogP contribution in [0, 0.1) is 0 Å². The Balaban J connectivity index is 1.95. The molecule has 108 valence electrons. The number of methoxy groups -OCH3 is 1. The number of aliphatic hydroxyl groups is 1. The van der Waals surface area contributed by atoms with Gasteiger partial charge in [-0.3, -0.25) is 4.57 Å². The molecule has 2 aromatic rings. The first-order chi connectivity index (χ1) is 9.60. The average molecular weight is 300 g/mol. The van der Waals surface area contributed by atoms with Gasteiger partial charge in [-0.25, -0.2) is 4.98 Å². The molecule has 1 aliphatic rings. The van der Waals surface area contributed by atoms with Gasteiger partial charge in [0.25, 0.3) is 0 Å². The van der Waals surface area contributed by atoms with E-state index in [9.17, 15) is 5.11 Å². The smallest absolute Gasteiger partial charge is 0.226 e. The number of aromatic nitrogens is 4. The number of ether oxygens (including phenoxy) is 2. The van der Waals surface area contributed by atoms with E-state index in [1.54, 1.807) is 18.0 Å². The molecule has 3 atom stereocenters. The Morgan fingerprint density at radius 2 is 2.40 bits per heavy atom. The Bertz CT molecular complexity index is 634. The second kappa shape index (κ2) is 5.13. The van der Waals surface area contributed by atoms with Crippen LogP contribution < -0.4 is 5.73 Å². The fraction of sp³-hybridized carbons (Fsp3) is 0.545. The maximum Gasteiger partial charge on any atom is 0.226 e. The van der Waals surface area contributed by atoms with E-state index < -0.39 is 6.10 Å². The zero-order valence-corrected chi connectivity index (χ0v) is 11.5. The van der Waals surface area contributed by atoms with Crippen molar-refractivity contribution in [2.24, 2.45) is 0 Å². The fourth-order valence-corrected chi connectivity index (χ4v) is 2.49. The molecule has 0 saturated carbocycles. The summed E-state index contributed by atoms with van der Waals surface area (Å²) < 4.78 is 12.5. The molecule has 0 aliphatic carbocycles. The lowest BCUT2D eigenvalue weighted by molar-refractivity contribution is -0.0523. The Kier molecular flexibility index (Phi) is 3.47. The molecule has 1 saturated heterocycles. The summed E-state index contributed by atoms with van der Waals surface area (Å²) >= 11 is 5.81. The number of fused-ring (bicyclic) bond motifs is 1. The molecule has 0 aromatic carbocycles. The van der Waals surface area contributed by atoms with Crippen LogP contribution in [0.3, 0.4) is 0 Å². The molecule has 1 aliphatic heterocycles. The largest absolute Gasteiger partial charge is 0.390 e. The van der Waals surface area contributed by atoms with E-state index >= 15 is 0 Å². The van der Waals surface area contributed by atoms with Crippen molar-refractivity contribution in [3.8, 4) is 0 Å². The fourth-order valence-electron chi connectivity index (χ4n) is 2.32. The van der Waals surface area contributed by atoms with E-state index in [1.807, 2.05) is 0 Å². The van der Waals surface area contributed by atoms with Crippen molar-refractivity contribution in [1.82, 2.24) is 19.5 Å². The second-order valence-electron chi connectivity index (χ2n) is 4.59. The van der Waals surface area contributed by atoms with Gasteiger partial charge in [0, 0.05) is 13.5 Å². The van der Waals surface area contributed by atoms with Crippen LogP contribution in [0.15, 0.2) is 6.33 Å². The van der Waals surface area contributed by atoms with Crippen molar-refractivity contribution in [2.45, 2.75) is 24.9 Å². The van der Waals surface area contributed by atoms with Gasteiger partial charge in [0.1, 0.15) is 17.8 Å². The zero-order valence-electron chi connectivity index (χ0n) is 10.7. The van der Waals surface area contributed by atoms with Gasteiger partial charge >= 0.3 is 0 Å². The van der Waals surface area contributed by atoms with Crippen molar-refractivity contribution in [3.05, 3.63) is 11.6 Å². The van der Waals surface area contributed by atoms with Crippen molar-refractivity contribution in [1.29, 1.82) is 0 Å². The van der Waals surface area contributed by atoms with Crippen molar-refractivity contribution < 1.29 is 14.6 Å². The molecule has 0 radical (unpaired) electrons. The normalized spacial score (nSPS) is 26.4. The Morgan fingerprint density at radius 1 is 1.60 bits per heavy atom. The second-order valence-corrected chi connectivity index (χ2v) is 4.93. The number of halogens is 1. The van der Waals surface area contributed by atoms with Crippen molar-refractivity contribution in [2.75, 3.05) is 19.5 Å². The SMILES string of the molecule is COCC1O[C@@H](n2cnc3c(N)nc(Cl)nc32)C[C@@H]1O. The van der Waals surface area contributed by atoms with E-state index in [2.05, 4.69) is 15.0 Å². The summed E-state index contributed by atoms with van der Waals surface area (Å²) in [5, 5.41) is 9.99. The lowest BCUT2D eigenvalue weighted by Gasteiger charge is -2.14. The summed E-state index contributed by atoms with van der Waals surface area (Å²) in [5.41, 5.74) is 6.69. The minimum atomic E-state index is -0.605. The molecule has 2 aromatic heterocycles. The standard InChI is InChI=1S/C11H14ClN5O3/c1-19-3-6-5(18)2-7(20-6)17-4-14-8-9(13)15-11(12)16-10(8)17/h4-7,18H,2-3H2,1H3,(H2,13,15,16)/t5-,6?,7+/m0/s1. The van der Waals surface area contributed by atoms with Gasteiger partial charge in [0.2, 0.25) is 5.28 Å². The van der Waals surface area contributed by atoms with E-state index in [0.717, 1.165) is 0 Å². The molecule has 3 heterocycles. The van der Waals surface area contributed by atoms with E-state index in [1.165, 1.54) is 0 Å².